The van der Waals surface area contributed by atoms with Gasteiger partial charge in [-0.05, 0) is 18.9 Å². The Morgan fingerprint density at radius 2 is 1.80 bits per heavy atom. The highest BCUT2D eigenvalue weighted by Crippen LogP contribution is 2.27. The fourth-order valence-corrected chi connectivity index (χ4v) is 2.21. The van der Waals surface area contributed by atoms with Gasteiger partial charge in [-0.15, -0.1) is 0 Å². The number of rotatable bonds is 3. The van der Waals surface area contributed by atoms with Crippen molar-refractivity contribution < 1.29 is 9.59 Å². The van der Waals surface area contributed by atoms with E-state index in [2.05, 4.69) is 10.6 Å². The molecule has 1 aliphatic rings. The minimum absolute atomic E-state index is 0.0202. The van der Waals surface area contributed by atoms with Gasteiger partial charge in [0.15, 0.2) is 5.78 Å². The molecule has 108 valence electrons. The van der Waals surface area contributed by atoms with Gasteiger partial charge < -0.3 is 10.6 Å². The van der Waals surface area contributed by atoms with Gasteiger partial charge in [-0.2, -0.15) is 0 Å². The van der Waals surface area contributed by atoms with Crippen molar-refractivity contribution in [2.75, 3.05) is 0 Å². The molecule has 20 heavy (non-hydrogen) atoms. The largest absolute Gasteiger partial charge is 0.327 e. The first-order chi connectivity index (χ1) is 9.63. The lowest BCUT2D eigenvalue weighted by Gasteiger charge is -2.29. The Hall–Kier alpha value is -2.10. The third-order valence-electron chi connectivity index (χ3n) is 3.02. The Bertz CT molecular complexity index is 506. The van der Waals surface area contributed by atoms with Crippen molar-refractivity contribution in [2.24, 2.45) is 0 Å². The van der Waals surface area contributed by atoms with Crippen LogP contribution in [0, 0.1) is 0 Å². The Labute approximate surface area is 120 Å². The van der Waals surface area contributed by atoms with E-state index >= 15 is 0 Å². The third kappa shape index (κ3) is 3.47. The van der Waals surface area contributed by atoms with Crippen LogP contribution in [0.15, 0.2) is 41.6 Å². The number of hydrogen-bond donors (Lipinski definition) is 2. The molecule has 2 N–H and O–H groups in total. The first kappa shape index (κ1) is 16.0. The molecule has 0 aliphatic carbocycles. The van der Waals surface area contributed by atoms with Crippen molar-refractivity contribution in [1.29, 1.82) is 0 Å². The lowest BCUT2D eigenvalue weighted by Crippen LogP contribution is -2.45. The fourth-order valence-electron chi connectivity index (χ4n) is 2.21. The maximum absolute atomic E-state index is 11.8. The van der Waals surface area contributed by atoms with Gasteiger partial charge in [-0.3, -0.25) is 4.79 Å². The van der Waals surface area contributed by atoms with Crippen LogP contribution in [0.25, 0.3) is 0 Å². The summed E-state index contributed by atoms with van der Waals surface area (Å²) in [6.45, 7) is 7.45. The molecule has 1 aliphatic heterocycles. The number of allylic oxidation sites excluding steroid dienone is 1. The SMILES string of the molecule is CC.CCC1=C(C(C)=O)C(c2ccccc2)NC(=O)N1. The molecule has 2 amide bonds. The minimum atomic E-state index is -0.354. The predicted octanol–water partition coefficient (Wildman–Crippen LogP) is 3.32. The predicted molar refractivity (Wildman–Crippen MR) is 80.2 cm³/mol. The fraction of sp³-hybridized carbons (Fsp3) is 0.375. The van der Waals surface area contributed by atoms with Crippen LogP contribution in [0.4, 0.5) is 4.79 Å². The monoisotopic (exact) mass is 274 g/mol. The number of nitrogens with one attached hydrogen (secondary N) is 2. The third-order valence-corrected chi connectivity index (χ3v) is 3.02. The van der Waals surface area contributed by atoms with Crippen molar-refractivity contribution in [1.82, 2.24) is 10.6 Å². The highest BCUT2D eigenvalue weighted by molar-refractivity contribution is 5.98. The van der Waals surface area contributed by atoms with E-state index in [1.165, 1.54) is 6.92 Å². The van der Waals surface area contributed by atoms with E-state index < -0.39 is 0 Å². The first-order valence-electron chi connectivity index (χ1n) is 7.00. The van der Waals surface area contributed by atoms with E-state index in [1.807, 2.05) is 51.1 Å². The van der Waals surface area contributed by atoms with Crippen LogP contribution in [0.1, 0.15) is 45.7 Å². The van der Waals surface area contributed by atoms with Gasteiger partial charge in [-0.25, -0.2) is 4.79 Å². The average molecular weight is 274 g/mol. The number of ketones is 1. The molecular formula is C16H22N2O2. The van der Waals surface area contributed by atoms with Crippen molar-refractivity contribution in [3.63, 3.8) is 0 Å². The van der Waals surface area contributed by atoms with E-state index in [4.69, 9.17) is 0 Å². The molecule has 0 fully saturated rings. The van der Waals surface area contributed by atoms with Gasteiger partial charge >= 0.3 is 6.03 Å². The summed E-state index contributed by atoms with van der Waals surface area (Å²) in [7, 11) is 0. The number of carbonyl (C=O) groups is 2. The Kier molecular flexibility index (Phi) is 5.97. The number of carbonyl (C=O) groups excluding carboxylic acids is 2. The summed E-state index contributed by atoms with van der Waals surface area (Å²) in [4.78, 5) is 23.4. The molecule has 0 bridgehead atoms. The van der Waals surface area contributed by atoms with Gasteiger partial charge in [0, 0.05) is 11.3 Å². The quantitative estimate of drug-likeness (QED) is 0.888. The van der Waals surface area contributed by atoms with E-state index in [9.17, 15) is 9.59 Å². The maximum Gasteiger partial charge on any atom is 0.319 e. The lowest BCUT2D eigenvalue weighted by atomic mass is 9.92. The molecule has 1 aromatic carbocycles. The van der Waals surface area contributed by atoms with Gasteiger partial charge in [-0.1, -0.05) is 51.1 Å². The van der Waals surface area contributed by atoms with Gasteiger partial charge in [0.05, 0.1) is 6.04 Å². The van der Waals surface area contributed by atoms with Crippen molar-refractivity contribution in [3.8, 4) is 0 Å². The highest BCUT2D eigenvalue weighted by atomic mass is 16.2. The van der Waals surface area contributed by atoms with Crippen LogP contribution < -0.4 is 10.6 Å². The summed E-state index contributed by atoms with van der Waals surface area (Å²) in [5, 5.41) is 5.51. The van der Waals surface area contributed by atoms with Crippen LogP contribution in [0.5, 0.6) is 0 Å². The maximum atomic E-state index is 11.8. The number of urea groups is 1. The van der Waals surface area contributed by atoms with E-state index in [0.717, 1.165) is 5.56 Å². The summed E-state index contributed by atoms with van der Waals surface area (Å²) >= 11 is 0. The van der Waals surface area contributed by atoms with Crippen LogP contribution in [-0.4, -0.2) is 11.8 Å². The first-order valence-corrected chi connectivity index (χ1v) is 7.00. The van der Waals surface area contributed by atoms with Crippen molar-refractivity contribution >= 4 is 11.8 Å². The molecule has 1 heterocycles. The Morgan fingerprint density at radius 3 is 2.30 bits per heavy atom. The number of Topliss-reactive ketones (excluding diaryl/α,β-unsaturated/α-hetero) is 1. The van der Waals surface area contributed by atoms with E-state index in [-0.39, 0.29) is 17.9 Å². The number of hydrogen-bond acceptors (Lipinski definition) is 2. The molecule has 0 saturated carbocycles. The van der Waals surface area contributed by atoms with Crippen LogP contribution in [0.2, 0.25) is 0 Å². The molecule has 0 spiro atoms. The normalized spacial score (nSPS) is 17.6. The topological polar surface area (TPSA) is 58.2 Å². The summed E-state index contributed by atoms with van der Waals surface area (Å²) < 4.78 is 0. The molecule has 4 nitrogen and oxygen atoms in total. The zero-order valence-corrected chi connectivity index (χ0v) is 12.5. The van der Waals surface area contributed by atoms with Crippen LogP contribution in [-0.2, 0) is 4.79 Å². The van der Waals surface area contributed by atoms with Gasteiger partial charge in [0.2, 0.25) is 0 Å². The second kappa shape index (κ2) is 7.48. The molecule has 1 unspecified atom stereocenters. The second-order valence-corrected chi connectivity index (χ2v) is 4.24. The summed E-state index contributed by atoms with van der Waals surface area (Å²) in [5.41, 5.74) is 2.27. The molecule has 1 aromatic rings. The standard InChI is InChI=1S/C14H16N2O2.C2H6/c1-3-11-12(9(2)17)13(16-14(18)15-11)10-7-5-4-6-8-10;1-2/h4-8,13H,3H2,1-2H3,(H2,15,16,18);1-2H3. The number of benzene rings is 1. The zero-order chi connectivity index (χ0) is 15.1. The minimum Gasteiger partial charge on any atom is -0.327 e. The van der Waals surface area contributed by atoms with E-state index in [1.54, 1.807) is 0 Å². The van der Waals surface area contributed by atoms with E-state index in [0.29, 0.717) is 17.7 Å². The zero-order valence-electron chi connectivity index (χ0n) is 12.5. The molecular weight excluding hydrogens is 252 g/mol. The molecule has 0 aromatic heterocycles. The van der Waals surface area contributed by atoms with Crippen LogP contribution in [0.3, 0.4) is 0 Å². The van der Waals surface area contributed by atoms with Gasteiger partial charge in [0.25, 0.3) is 0 Å². The van der Waals surface area contributed by atoms with Crippen LogP contribution >= 0.6 is 0 Å². The second-order valence-electron chi connectivity index (χ2n) is 4.24. The molecule has 0 saturated heterocycles. The Morgan fingerprint density at radius 1 is 1.20 bits per heavy atom. The summed E-state index contributed by atoms with van der Waals surface area (Å²) in [6.07, 6.45) is 0.631. The van der Waals surface area contributed by atoms with Crippen molar-refractivity contribution in [2.45, 2.75) is 40.2 Å². The smallest absolute Gasteiger partial charge is 0.319 e. The summed E-state index contributed by atoms with van der Waals surface area (Å²) in [6, 6.07) is 8.90. The average Bonchev–Trinajstić information content (AvgIpc) is 2.48. The lowest BCUT2D eigenvalue weighted by molar-refractivity contribution is -0.114. The highest BCUT2D eigenvalue weighted by Gasteiger charge is 2.29. The Balaban J connectivity index is 0.000000956. The number of amides is 2. The molecule has 4 heteroatoms. The molecule has 1 atom stereocenters. The molecule has 0 radical (unpaired) electrons. The molecule has 2 rings (SSSR count). The summed E-state index contributed by atoms with van der Waals surface area (Å²) in [5.74, 6) is -0.0202. The van der Waals surface area contributed by atoms with Crippen molar-refractivity contribution in [3.05, 3.63) is 47.2 Å². The van der Waals surface area contributed by atoms with Gasteiger partial charge in [0.1, 0.15) is 0 Å².